The fourth-order valence-electron chi connectivity index (χ4n) is 3.77. The van der Waals surface area contributed by atoms with Crippen LogP contribution in [-0.2, 0) is 0 Å². The van der Waals surface area contributed by atoms with Crippen molar-refractivity contribution in [2.75, 3.05) is 43.9 Å². The Balaban J connectivity index is 1.65. The van der Waals surface area contributed by atoms with Crippen molar-refractivity contribution in [2.45, 2.75) is 25.8 Å². The molecule has 2 amide bonds. The second-order valence-electron chi connectivity index (χ2n) is 7.61. The Kier molecular flexibility index (Phi) is 6.35. The van der Waals surface area contributed by atoms with Crippen LogP contribution in [0.4, 0.5) is 16.2 Å². The minimum Gasteiger partial charge on any atom is -0.378 e. The molecule has 0 aromatic heterocycles. The van der Waals surface area contributed by atoms with Gasteiger partial charge in [-0.1, -0.05) is 24.3 Å². The monoisotopic (exact) mass is 367 g/mol. The first kappa shape index (κ1) is 19.2. The number of nitrogens with zero attached hydrogens (tertiary/aromatic N) is 1. The van der Waals surface area contributed by atoms with E-state index in [0.29, 0.717) is 6.54 Å². The molecule has 0 saturated carbocycles. The number of urea groups is 1. The number of carbonyl (C=O) groups excluding carboxylic acids is 1. The minimum absolute atomic E-state index is 0.144. The molecule has 0 bridgehead atoms. The molecule has 3 rings (SSSR count). The molecule has 1 atom stereocenters. The van der Waals surface area contributed by atoms with E-state index >= 15 is 0 Å². The Morgan fingerprint density at radius 1 is 1.11 bits per heavy atom. The van der Waals surface area contributed by atoms with Crippen LogP contribution in [0.2, 0.25) is 0 Å². The van der Waals surface area contributed by atoms with Crippen molar-refractivity contribution < 1.29 is 9.69 Å². The average Bonchev–Trinajstić information content (AvgIpc) is 3.17. The third-order valence-electron chi connectivity index (χ3n) is 5.29. The second-order valence-corrected chi connectivity index (χ2v) is 7.61. The number of amides is 2. The molecule has 2 aromatic carbocycles. The summed E-state index contributed by atoms with van der Waals surface area (Å²) >= 11 is 0. The summed E-state index contributed by atoms with van der Waals surface area (Å²) < 4.78 is 0. The van der Waals surface area contributed by atoms with Crippen LogP contribution in [0.5, 0.6) is 0 Å². The van der Waals surface area contributed by atoms with Gasteiger partial charge in [0.1, 0.15) is 6.04 Å². The van der Waals surface area contributed by atoms with Gasteiger partial charge in [0, 0.05) is 43.9 Å². The van der Waals surface area contributed by atoms with Crippen molar-refractivity contribution in [2.24, 2.45) is 0 Å². The molecule has 2 aromatic rings. The minimum atomic E-state index is -0.144. The van der Waals surface area contributed by atoms with Crippen LogP contribution in [0.15, 0.2) is 48.5 Å². The summed E-state index contributed by atoms with van der Waals surface area (Å²) in [5, 5.41) is 6.02. The van der Waals surface area contributed by atoms with Crippen LogP contribution in [0.25, 0.3) is 0 Å². The third-order valence-corrected chi connectivity index (χ3v) is 5.29. The number of quaternary nitrogens is 1. The summed E-state index contributed by atoms with van der Waals surface area (Å²) in [6, 6.07) is 16.7. The van der Waals surface area contributed by atoms with Gasteiger partial charge in [0.25, 0.3) is 0 Å². The topological polar surface area (TPSA) is 48.8 Å². The molecule has 5 nitrogen and oxygen atoms in total. The van der Waals surface area contributed by atoms with Gasteiger partial charge in [-0.3, -0.25) is 0 Å². The van der Waals surface area contributed by atoms with E-state index in [2.05, 4.69) is 53.9 Å². The van der Waals surface area contributed by atoms with E-state index < -0.39 is 0 Å². The van der Waals surface area contributed by atoms with Crippen molar-refractivity contribution in [3.05, 3.63) is 59.7 Å². The molecule has 0 spiro atoms. The van der Waals surface area contributed by atoms with E-state index in [4.69, 9.17) is 0 Å². The van der Waals surface area contributed by atoms with E-state index in [1.54, 1.807) is 4.90 Å². The lowest BCUT2D eigenvalue weighted by Crippen LogP contribution is -3.11. The van der Waals surface area contributed by atoms with Gasteiger partial charge in [-0.15, -0.1) is 0 Å². The first-order chi connectivity index (χ1) is 13.0. The summed E-state index contributed by atoms with van der Waals surface area (Å²) in [6.07, 6.45) is 2.52. The number of carbonyl (C=O) groups is 1. The second kappa shape index (κ2) is 8.91. The van der Waals surface area contributed by atoms with Crippen molar-refractivity contribution in [1.82, 2.24) is 5.32 Å². The van der Waals surface area contributed by atoms with Crippen molar-refractivity contribution >= 4 is 17.4 Å². The molecule has 144 valence electrons. The van der Waals surface area contributed by atoms with Gasteiger partial charge in [-0.05, 0) is 36.8 Å². The van der Waals surface area contributed by atoms with Crippen molar-refractivity contribution in [3.63, 3.8) is 0 Å². The fourth-order valence-corrected chi connectivity index (χ4v) is 3.77. The van der Waals surface area contributed by atoms with E-state index in [9.17, 15) is 4.79 Å². The smallest absolute Gasteiger partial charge is 0.319 e. The largest absolute Gasteiger partial charge is 0.378 e. The highest BCUT2D eigenvalue weighted by Crippen LogP contribution is 2.17. The highest BCUT2D eigenvalue weighted by molar-refractivity contribution is 5.89. The zero-order chi connectivity index (χ0) is 19.2. The normalized spacial score (nSPS) is 15.4. The van der Waals surface area contributed by atoms with Crippen LogP contribution < -0.4 is 20.4 Å². The molecule has 0 unspecified atom stereocenters. The zero-order valence-electron chi connectivity index (χ0n) is 16.6. The molecule has 0 aliphatic carbocycles. The van der Waals surface area contributed by atoms with E-state index in [-0.39, 0.29) is 12.1 Å². The summed E-state index contributed by atoms with van der Waals surface area (Å²) in [5.74, 6) is 0. The summed E-state index contributed by atoms with van der Waals surface area (Å²) in [5.41, 5.74) is 4.44. The third kappa shape index (κ3) is 5.23. The standard InChI is InChI=1S/C22H30N4O/c1-17-7-6-8-19(15-17)24-22(27)23-16-21(26-13-4-5-14-26)18-9-11-20(12-10-18)25(2)3/h6-12,15,21H,4-5,13-14,16H2,1-3H3,(H2,23,24,27)/p+1/t21-/m1/s1. The maximum absolute atomic E-state index is 12.4. The van der Waals surface area contributed by atoms with Crippen LogP contribution in [0, 0.1) is 6.92 Å². The summed E-state index contributed by atoms with van der Waals surface area (Å²) in [6.45, 7) is 4.99. The number of anilines is 2. The number of benzene rings is 2. The van der Waals surface area contributed by atoms with Crippen molar-refractivity contribution in [1.29, 1.82) is 0 Å². The number of rotatable bonds is 6. The molecule has 1 heterocycles. The Morgan fingerprint density at radius 2 is 1.81 bits per heavy atom. The molecular formula is C22H31N4O+. The Hall–Kier alpha value is -2.53. The van der Waals surface area contributed by atoms with Gasteiger partial charge in [0.15, 0.2) is 0 Å². The number of aryl methyl sites for hydroxylation is 1. The first-order valence-electron chi connectivity index (χ1n) is 9.76. The Bertz CT molecular complexity index is 751. The zero-order valence-corrected chi connectivity index (χ0v) is 16.6. The number of nitrogens with one attached hydrogen (secondary N) is 3. The van der Waals surface area contributed by atoms with Crippen LogP contribution in [-0.4, -0.2) is 39.8 Å². The van der Waals surface area contributed by atoms with Crippen molar-refractivity contribution in [3.8, 4) is 0 Å². The number of likely N-dealkylation sites (tertiary alicyclic amines) is 1. The van der Waals surface area contributed by atoms with Crippen LogP contribution in [0.1, 0.15) is 30.0 Å². The molecule has 0 radical (unpaired) electrons. The van der Waals surface area contributed by atoms with E-state index in [1.807, 2.05) is 31.2 Å². The molecule has 1 aliphatic heterocycles. The summed E-state index contributed by atoms with van der Waals surface area (Å²) in [4.78, 5) is 16.0. The highest BCUT2D eigenvalue weighted by Gasteiger charge is 2.27. The molecule has 27 heavy (non-hydrogen) atoms. The average molecular weight is 368 g/mol. The lowest BCUT2D eigenvalue weighted by atomic mass is 10.0. The predicted molar refractivity (Wildman–Crippen MR) is 112 cm³/mol. The van der Waals surface area contributed by atoms with Gasteiger partial charge in [-0.2, -0.15) is 0 Å². The van der Waals surface area contributed by atoms with Crippen LogP contribution >= 0.6 is 0 Å². The molecular weight excluding hydrogens is 336 g/mol. The van der Waals surface area contributed by atoms with E-state index in [1.165, 1.54) is 37.2 Å². The van der Waals surface area contributed by atoms with Crippen LogP contribution in [0.3, 0.4) is 0 Å². The first-order valence-corrected chi connectivity index (χ1v) is 9.76. The van der Waals surface area contributed by atoms with Gasteiger partial charge in [-0.25, -0.2) is 4.79 Å². The van der Waals surface area contributed by atoms with Gasteiger partial charge in [0.2, 0.25) is 0 Å². The molecule has 1 saturated heterocycles. The quantitative estimate of drug-likeness (QED) is 0.735. The molecule has 3 N–H and O–H groups in total. The maximum atomic E-state index is 12.4. The lowest BCUT2D eigenvalue weighted by molar-refractivity contribution is -0.918. The fraction of sp³-hybridized carbons (Fsp3) is 0.409. The predicted octanol–water partition coefficient (Wildman–Crippen LogP) is 2.60. The van der Waals surface area contributed by atoms with Gasteiger partial charge >= 0.3 is 6.03 Å². The Labute approximate surface area is 162 Å². The Morgan fingerprint density at radius 3 is 2.44 bits per heavy atom. The SMILES string of the molecule is Cc1cccc(NC(=O)NC[C@H](c2ccc(N(C)C)cc2)[NH+]2CCCC2)c1. The molecule has 1 aliphatic rings. The number of hydrogen-bond acceptors (Lipinski definition) is 2. The summed E-state index contributed by atoms with van der Waals surface area (Å²) in [7, 11) is 4.10. The maximum Gasteiger partial charge on any atom is 0.319 e. The highest BCUT2D eigenvalue weighted by atomic mass is 16.2. The van der Waals surface area contributed by atoms with Gasteiger partial charge < -0.3 is 20.4 Å². The number of hydrogen-bond donors (Lipinski definition) is 3. The van der Waals surface area contributed by atoms with E-state index in [0.717, 1.165) is 11.3 Å². The lowest BCUT2D eigenvalue weighted by Gasteiger charge is -2.26. The molecule has 5 heteroatoms. The molecule has 1 fully saturated rings. The van der Waals surface area contributed by atoms with Gasteiger partial charge in [0.05, 0.1) is 19.6 Å².